The summed E-state index contributed by atoms with van der Waals surface area (Å²) >= 11 is 0. The Morgan fingerprint density at radius 3 is 2.50 bits per heavy atom. The Morgan fingerprint density at radius 2 is 1.73 bits per heavy atom. The van der Waals surface area contributed by atoms with Crippen molar-refractivity contribution >= 4 is 5.82 Å². The van der Waals surface area contributed by atoms with Crippen molar-refractivity contribution in [1.82, 2.24) is 4.98 Å². The van der Waals surface area contributed by atoms with Crippen LogP contribution in [0.1, 0.15) is 16.7 Å². The molecule has 2 N–H and O–H groups in total. The van der Waals surface area contributed by atoms with Gasteiger partial charge in [0.25, 0.3) is 0 Å². The molecule has 2 aromatic carbocycles. The lowest BCUT2D eigenvalue weighted by Gasteiger charge is -2.12. The molecule has 3 heteroatoms. The predicted octanol–water partition coefficient (Wildman–Crippen LogP) is 3.77. The minimum absolute atomic E-state index is 0.303. The maximum absolute atomic E-state index is 9.54. The number of anilines is 1. The van der Waals surface area contributed by atoms with Crippen molar-refractivity contribution in [3.8, 4) is 28.5 Å². The fraction of sp³-hybridized carbons (Fsp3) is 0.0526. The van der Waals surface area contributed by atoms with Gasteiger partial charge in [-0.05, 0) is 16.7 Å². The van der Waals surface area contributed by atoms with E-state index in [9.17, 15) is 5.26 Å². The van der Waals surface area contributed by atoms with E-state index in [4.69, 9.17) is 5.73 Å². The van der Waals surface area contributed by atoms with Gasteiger partial charge in [-0.25, -0.2) is 4.98 Å². The van der Waals surface area contributed by atoms with Crippen molar-refractivity contribution < 1.29 is 0 Å². The van der Waals surface area contributed by atoms with Crippen LogP contribution in [0.25, 0.3) is 22.4 Å². The maximum Gasteiger partial charge on any atom is 0.142 e. The maximum atomic E-state index is 9.54. The van der Waals surface area contributed by atoms with E-state index in [1.54, 1.807) is 0 Å². The molecule has 0 atom stereocenters. The molecule has 1 aliphatic carbocycles. The average Bonchev–Trinajstić information content (AvgIpc) is 2.92. The summed E-state index contributed by atoms with van der Waals surface area (Å²) in [5.74, 6) is 0.303. The summed E-state index contributed by atoms with van der Waals surface area (Å²) in [6.45, 7) is 0. The van der Waals surface area contributed by atoms with Gasteiger partial charge in [-0.1, -0.05) is 54.6 Å². The van der Waals surface area contributed by atoms with Crippen molar-refractivity contribution in [2.24, 2.45) is 0 Å². The van der Waals surface area contributed by atoms with Crippen molar-refractivity contribution in [2.45, 2.75) is 6.42 Å². The van der Waals surface area contributed by atoms with Crippen molar-refractivity contribution in [2.75, 3.05) is 5.73 Å². The van der Waals surface area contributed by atoms with Gasteiger partial charge in [0.15, 0.2) is 0 Å². The average molecular weight is 283 g/mol. The van der Waals surface area contributed by atoms with Gasteiger partial charge in [-0.15, -0.1) is 0 Å². The Morgan fingerprint density at radius 1 is 1.00 bits per heavy atom. The first-order valence-electron chi connectivity index (χ1n) is 7.15. The van der Waals surface area contributed by atoms with Crippen LogP contribution in [0.5, 0.6) is 0 Å². The largest absolute Gasteiger partial charge is 0.383 e. The minimum Gasteiger partial charge on any atom is -0.383 e. The first kappa shape index (κ1) is 12.6. The van der Waals surface area contributed by atoms with E-state index in [1.807, 2.05) is 42.5 Å². The topological polar surface area (TPSA) is 62.7 Å². The van der Waals surface area contributed by atoms with Crippen molar-refractivity contribution in [1.29, 1.82) is 5.26 Å². The van der Waals surface area contributed by atoms with Gasteiger partial charge in [0.2, 0.25) is 0 Å². The highest BCUT2D eigenvalue weighted by atomic mass is 14.9. The molecule has 1 heterocycles. The number of hydrogen-bond acceptors (Lipinski definition) is 3. The van der Waals surface area contributed by atoms with Gasteiger partial charge in [-0.2, -0.15) is 5.26 Å². The summed E-state index contributed by atoms with van der Waals surface area (Å²) in [5, 5.41) is 9.54. The molecule has 0 saturated heterocycles. The third kappa shape index (κ3) is 1.71. The van der Waals surface area contributed by atoms with Gasteiger partial charge in [0.1, 0.15) is 17.5 Å². The molecular weight excluding hydrogens is 270 g/mol. The number of rotatable bonds is 1. The van der Waals surface area contributed by atoms with E-state index < -0.39 is 0 Å². The molecule has 1 aliphatic rings. The third-order valence-corrected chi connectivity index (χ3v) is 4.14. The minimum atomic E-state index is 0.303. The first-order valence-corrected chi connectivity index (χ1v) is 7.15. The number of hydrogen-bond donors (Lipinski definition) is 1. The van der Waals surface area contributed by atoms with Gasteiger partial charge in [0, 0.05) is 17.5 Å². The molecule has 0 radical (unpaired) electrons. The number of aromatic nitrogens is 1. The lowest BCUT2D eigenvalue weighted by atomic mass is 9.94. The number of fused-ring (bicyclic) bond motifs is 3. The van der Waals surface area contributed by atoms with Crippen LogP contribution in [-0.4, -0.2) is 4.98 Å². The zero-order chi connectivity index (χ0) is 15.1. The van der Waals surface area contributed by atoms with Crippen LogP contribution in [0.3, 0.4) is 0 Å². The molecule has 0 aliphatic heterocycles. The number of nitrogens with zero attached hydrogens (tertiary/aromatic N) is 2. The van der Waals surface area contributed by atoms with E-state index >= 15 is 0 Å². The molecule has 22 heavy (non-hydrogen) atoms. The molecule has 0 saturated carbocycles. The molecule has 0 fully saturated rings. The van der Waals surface area contributed by atoms with E-state index in [0.717, 1.165) is 34.4 Å². The van der Waals surface area contributed by atoms with Crippen LogP contribution < -0.4 is 5.73 Å². The second kappa shape index (κ2) is 4.71. The van der Waals surface area contributed by atoms with Crippen LogP contribution in [0.4, 0.5) is 5.82 Å². The molecule has 1 aromatic heterocycles. The van der Waals surface area contributed by atoms with E-state index in [1.165, 1.54) is 5.56 Å². The number of nitriles is 1. The van der Waals surface area contributed by atoms with Gasteiger partial charge < -0.3 is 5.73 Å². The second-order valence-electron chi connectivity index (χ2n) is 5.39. The summed E-state index contributed by atoms with van der Waals surface area (Å²) < 4.78 is 0. The molecule has 0 amide bonds. The molecular formula is C19H13N3. The van der Waals surface area contributed by atoms with Crippen molar-refractivity contribution in [3.05, 3.63) is 71.3 Å². The molecule has 104 valence electrons. The third-order valence-electron chi connectivity index (χ3n) is 4.14. The Labute approximate surface area is 128 Å². The summed E-state index contributed by atoms with van der Waals surface area (Å²) in [7, 11) is 0. The molecule has 4 rings (SSSR count). The van der Waals surface area contributed by atoms with Crippen LogP contribution in [0, 0.1) is 11.3 Å². The van der Waals surface area contributed by atoms with Crippen LogP contribution in [0.2, 0.25) is 0 Å². The normalized spacial score (nSPS) is 11.6. The lowest BCUT2D eigenvalue weighted by molar-refractivity contribution is 1.22. The van der Waals surface area contributed by atoms with E-state index in [0.29, 0.717) is 11.4 Å². The number of benzene rings is 2. The number of nitrogens with two attached hydrogens (primary N) is 1. The Bertz CT molecular complexity index is 921. The Hall–Kier alpha value is -3.12. The zero-order valence-corrected chi connectivity index (χ0v) is 11.9. The molecule has 3 aromatic rings. The monoisotopic (exact) mass is 283 g/mol. The summed E-state index contributed by atoms with van der Waals surface area (Å²) in [6.07, 6.45) is 0.789. The van der Waals surface area contributed by atoms with Crippen LogP contribution in [-0.2, 0) is 6.42 Å². The Kier molecular flexibility index (Phi) is 2.70. The fourth-order valence-electron chi connectivity index (χ4n) is 3.17. The fourth-order valence-corrected chi connectivity index (χ4v) is 3.17. The second-order valence-corrected chi connectivity index (χ2v) is 5.39. The van der Waals surface area contributed by atoms with Gasteiger partial charge >= 0.3 is 0 Å². The predicted molar refractivity (Wildman–Crippen MR) is 87.0 cm³/mol. The van der Waals surface area contributed by atoms with Crippen LogP contribution >= 0.6 is 0 Å². The standard InChI is InChI=1S/C19H13N3/c20-11-16-17(12-6-2-1-3-7-12)15-10-13-8-4-5-9-14(13)18(15)22-19(16)21/h1-9H,10H2,(H2,21,22). The highest BCUT2D eigenvalue weighted by Gasteiger charge is 2.26. The highest BCUT2D eigenvalue weighted by Crippen LogP contribution is 2.43. The molecule has 3 nitrogen and oxygen atoms in total. The van der Waals surface area contributed by atoms with Crippen molar-refractivity contribution in [3.63, 3.8) is 0 Å². The first-order chi connectivity index (χ1) is 10.8. The SMILES string of the molecule is N#Cc1c(N)nc2c(c1-c1ccccc1)Cc1ccccc1-2. The summed E-state index contributed by atoms with van der Waals surface area (Å²) in [6, 6.07) is 20.4. The summed E-state index contributed by atoms with van der Waals surface area (Å²) in [4.78, 5) is 4.51. The van der Waals surface area contributed by atoms with Crippen LogP contribution in [0.15, 0.2) is 54.6 Å². The Balaban J connectivity index is 2.08. The van der Waals surface area contributed by atoms with Gasteiger partial charge in [0.05, 0.1) is 5.69 Å². The smallest absolute Gasteiger partial charge is 0.142 e. The van der Waals surface area contributed by atoms with Gasteiger partial charge in [-0.3, -0.25) is 0 Å². The molecule has 0 spiro atoms. The quantitative estimate of drug-likeness (QED) is 0.578. The zero-order valence-electron chi connectivity index (χ0n) is 11.9. The highest BCUT2D eigenvalue weighted by molar-refractivity contribution is 5.88. The lowest BCUT2D eigenvalue weighted by Crippen LogP contribution is -2.02. The number of nitrogen functional groups attached to an aromatic ring is 1. The summed E-state index contributed by atoms with van der Waals surface area (Å²) in [5.41, 5.74) is 12.8. The number of pyridine rings is 1. The van der Waals surface area contributed by atoms with E-state index in [-0.39, 0.29) is 0 Å². The molecule has 0 unspecified atom stereocenters. The molecule has 0 bridgehead atoms. The van der Waals surface area contributed by atoms with E-state index in [2.05, 4.69) is 23.2 Å².